The normalized spacial score (nSPS) is 16.4. The molecule has 9 nitrogen and oxygen atoms in total. The average molecular weight is 537 g/mol. The van der Waals surface area contributed by atoms with Crippen molar-refractivity contribution in [2.24, 2.45) is 0 Å². The van der Waals surface area contributed by atoms with Crippen molar-refractivity contribution in [3.05, 3.63) is 88.7 Å². The molecule has 1 aliphatic heterocycles. The molecular formula is C29H29FN2O7. The van der Waals surface area contributed by atoms with E-state index in [0.29, 0.717) is 31.7 Å². The molecule has 0 radical (unpaired) electrons. The van der Waals surface area contributed by atoms with Crippen molar-refractivity contribution in [1.29, 1.82) is 0 Å². The van der Waals surface area contributed by atoms with E-state index in [4.69, 9.17) is 14.2 Å². The van der Waals surface area contributed by atoms with Crippen molar-refractivity contribution in [2.75, 3.05) is 26.8 Å². The van der Waals surface area contributed by atoms with Crippen LogP contribution < -0.4 is 20.1 Å². The van der Waals surface area contributed by atoms with Crippen LogP contribution in [-0.4, -0.2) is 61.7 Å². The van der Waals surface area contributed by atoms with Crippen LogP contribution in [-0.2, 0) is 4.74 Å². The second-order valence-corrected chi connectivity index (χ2v) is 8.94. The van der Waals surface area contributed by atoms with Gasteiger partial charge in [0.25, 0.3) is 5.91 Å². The minimum absolute atomic E-state index is 0.0486. The summed E-state index contributed by atoms with van der Waals surface area (Å²) in [4.78, 5) is 38.6. The fourth-order valence-corrected chi connectivity index (χ4v) is 4.14. The summed E-state index contributed by atoms with van der Waals surface area (Å²) in [7, 11) is 1.31. The van der Waals surface area contributed by atoms with Crippen LogP contribution in [0, 0.1) is 5.82 Å². The number of ketones is 1. The Morgan fingerprint density at radius 2 is 1.59 bits per heavy atom. The first-order chi connectivity index (χ1) is 18.8. The van der Waals surface area contributed by atoms with Crippen molar-refractivity contribution in [3.8, 4) is 17.2 Å². The Kier molecular flexibility index (Phi) is 8.77. The SMILES string of the molecule is CCCOc1ccc(OC)c(F)c1C(=O)c1ccc(C(=O)OC2CNCC2NC(=O)c2ccc(O)cc2)cc1. The van der Waals surface area contributed by atoms with Gasteiger partial charge in [0.2, 0.25) is 0 Å². The number of phenols is 1. The van der Waals surface area contributed by atoms with Gasteiger partial charge in [0.1, 0.15) is 23.2 Å². The molecule has 0 saturated carbocycles. The molecule has 3 aromatic carbocycles. The van der Waals surface area contributed by atoms with Gasteiger partial charge in [0, 0.05) is 24.2 Å². The van der Waals surface area contributed by atoms with Crippen molar-refractivity contribution in [2.45, 2.75) is 25.5 Å². The predicted molar refractivity (Wildman–Crippen MR) is 140 cm³/mol. The van der Waals surface area contributed by atoms with Gasteiger partial charge in [-0.15, -0.1) is 0 Å². The standard InChI is InChI=1S/C29H29FN2O7/c1-3-14-38-22-12-13-23(37-2)26(30)25(22)27(34)17-4-6-19(7-5-17)29(36)39-24-16-31-15-21(24)32-28(35)18-8-10-20(33)11-9-18/h4-13,21,24,31,33H,3,14-16H2,1-2H3,(H,32,35). The van der Waals surface area contributed by atoms with Crippen molar-refractivity contribution in [1.82, 2.24) is 10.6 Å². The van der Waals surface area contributed by atoms with Gasteiger partial charge in [-0.05, 0) is 55.0 Å². The molecule has 4 rings (SSSR count). The first-order valence-electron chi connectivity index (χ1n) is 12.5. The van der Waals surface area contributed by atoms with E-state index in [1.54, 1.807) is 0 Å². The lowest BCUT2D eigenvalue weighted by Crippen LogP contribution is -2.44. The van der Waals surface area contributed by atoms with E-state index in [1.807, 2.05) is 6.92 Å². The zero-order valence-corrected chi connectivity index (χ0v) is 21.5. The maximum absolute atomic E-state index is 15.0. The summed E-state index contributed by atoms with van der Waals surface area (Å²) >= 11 is 0. The summed E-state index contributed by atoms with van der Waals surface area (Å²) in [5, 5.41) is 15.3. The van der Waals surface area contributed by atoms with E-state index in [2.05, 4.69) is 10.6 Å². The highest BCUT2D eigenvalue weighted by molar-refractivity contribution is 6.11. The molecule has 0 bridgehead atoms. The third-order valence-electron chi connectivity index (χ3n) is 6.22. The van der Waals surface area contributed by atoms with Gasteiger partial charge in [-0.2, -0.15) is 0 Å². The molecule has 0 spiro atoms. The molecule has 0 aliphatic carbocycles. The maximum atomic E-state index is 15.0. The number of ether oxygens (including phenoxy) is 3. The molecule has 2 atom stereocenters. The summed E-state index contributed by atoms with van der Waals surface area (Å²) in [5.74, 6) is -2.36. The number of phenolic OH excluding ortho intramolecular Hbond substituents is 1. The maximum Gasteiger partial charge on any atom is 0.338 e. The number of hydrogen-bond acceptors (Lipinski definition) is 8. The molecule has 204 valence electrons. The average Bonchev–Trinajstić information content (AvgIpc) is 3.38. The van der Waals surface area contributed by atoms with E-state index in [-0.39, 0.29) is 39.8 Å². The molecule has 10 heteroatoms. The molecule has 1 amide bonds. The fraction of sp³-hybridized carbons (Fsp3) is 0.276. The Bertz CT molecular complexity index is 1340. The van der Waals surface area contributed by atoms with E-state index >= 15 is 4.39 Å². The zero-order chi connectivity index (χ0) is 27.9. The number of nitrogens with one attached hydrogen (secondary N) is 2. The zero-order valence-electron chi connectivity index (χ0n) is 21.5. The van der Waals surface area contributed by atoms with Crippen molar-refractivity contribution < 1.29 is 38.1 Å². The molecule has 1 fully saturated rings. The second-order valence-electron chi connectivity index (χ2n) is 8.94. The highest BCUT2D eigenvalue weighted by atomic mass is 19.1. The van der Waals surface area contributed by atoms with Crippen molar-refractivity contribution in [3.63, 3.8) is 0 Å². The smallest absolute Gasteiger partial charge is 0.338 e. The van der Waals surface area contributed by atoms with E-state index < -0.39 is 29.7 Å². The van der Waals surface area contributed by atoms with Crippen LogP contribution >= 0.6 is 0 Å². The number of carbonyl (C=O) groups is 3. The third-order valence-corrected chi connectivity index (χ3v) is 6.22. The van der Waals surface area contributed by atoms with Gasteiger partial charge in [-0.3, -0.25) is 9.59 Å². The number of carbonyl (C=O) groups excluding carboxylic acids is 3. The number of rotatable bonds is 10. The molecule has 1 heterocycles. The van der Waals surface area contributed by atoms with E-state index in [1.165, 1.54) is 67.8 Å². The molecule has 3 aromatic rings. The van der Waals surface area contributed by atoms with Crippen LogP contribution in [0.1, 0.15) is 50.0 Å². The topological polar surface area (TPSA) is 123 Å². The van der Waals surface area contributed by atoms with E-state index in [0.717, 1.165) is 0 Å². The summed E-state index contributed by atoms with van der Waals surface area (Å²) in [6, 6.07) is 13.9. The van der Waals surface area contributed by atoms with Crippen molar-refractivity contribution >= 4 is 17.7 Å². The van der Waals surface area contributed by atoms with Crippen LogP contribution in [0.4, 0.5) is 4.39 Å². The molecule has 39 heavy (non-hydrogen) atoms. The van der Waals surface area contributed by atoms with Crippen LogP contribution in [0.15, 0.2) is 60.7 Å². The first kappa shape index (κ1) is 27.6. The summed E-state index contributed by atoms with van der Waals surface area (Å²) in [6.45, 7) is 2.96. The lowest BCUT2D eigenvalue weighted by Gasteiger charge is -2.20. The molecular weight excluding hydrogens is 507 g/mol. The Labute approximate surface area is 224 Å². The first-order valence-corrected chi connectivity index (χ1v) is 12.5. The van der Waals surface area contributed by atoms with Gasteiger partial charge in [-0.25, -0.2) is 9.18 Å². The van der Waals surface area contributed by atoms with Crippen LogP contribution in [0.2, 0.25) is 0 Å². The number of amides is 1. The number of hydrogen-bond donors (Lipinski definition) is 3. The Hall–Kier alpha value is -4.44. The number of esters is 1. The van der Waals surface area contributed by atoms with Gasteiger partial charge in [-0.1, -0.05) is 19.1 Å². The number of halogens is 1. The summed E-state index contributed by atoms with van der Waals surface area (Å²) < 4.78 is 31.3. The predicted octanol–water partition coefficient (Wildman–Crippen LogP) is 3.49. The molecule has 1 aliphatic rings. The third kappa shape index (κ3) is 6.35. The lowest BCUT2D eigenvalue weighted by atomic mass is 10.00. The summed E-state index contributed by atoms with van der Waals surface area (Å²) in [5.41, 5.74) is 0.459. The van der Waals surface area contributed by atoms with Gasteiger partial charge in [0.05, 0.1) is 25.3 Å². The second kappa shape index (κ2) is 12.4. The Morgan fingerprint density at radius 1 is 0.949 bits per heavy atom. The molecule has 2 unspecified atom stereocenters. The van der Waals surface area contributed by atoms with Crippen LogP contribution in [0.3, 0.4) is 0 Å². The van der Waals surface area contributed by atoms with E-state index in [9.17, 15) is 19.5 Å². The Balaban J connectivity index is 1.44. The van der Waals surface area contributed by atoms with Crippen LogP contribution in [0.25, 0.3) is 0 Å². The molecule has 3 N–H and O–H groups in total. The van der Waals surface area contributed by atoms with Crippen LogP contribution in [0.5, 0.6) is 17.2 Å². The quantitative estimate of drug-likeness (QED) is 0.266. The molecule has 1 saturated heterocycles. The number of methoxy groups -OCH3 is 1. The highest BCUT2D eigenvalue weighted by Crippen LogP contribution is 2.31. The highest BCUT2D eigenvalue weighted by Gasteiger charge is 2.32. The van der Waals surface area contributed by atoms with Gasteiger partial charge >= 0.3 is 5.97 Å². The van der Waals surface area contributed by atoms with Gasteiger partial charge in [0.15, 0.2) is 17.3 Å². The largest absolute Gasteiger partial charge is 0.508 e. The monoisotopic (exact) mass is 536 g/mol. The summed E-state index contributed by atoms with van der Waals surface area (Å²) in [6.07, 6.45) is 0.0553. The fourth-order valence-electron chi connectivity index (χ4n) is 4.14. The Morgan fingerprint density at radius 3 is 2.26 bits per heavy atom. The molecule has 0 aromatic heterocycles. The van der Waals surface area contributed by atoms with Gasteiger partial charge < -0.3 is 30.0 Å². The minimum Gasteiger partial charge on any atom is -0.508 e. The number of benzene rings is 3. The lowest BCUT2D eigenvalue weighted by molar-refractivity contribution is 0.0283. The minimum atomic E-state index is -0.825. The number of aromatic hydroxyl groups is 1.